The molecule has 0 radical (unpaired) electrons. The number of benzene rings is 1. The lowest BCUT2D eigenvalue weighted by Gasteiger charge is -2.37. The summed E-state index contributed by atoms with van der Waals surface area (Å²) in [5.74, 6) is 1.14. The van der Waals surface area contributed by atoms with Gasteiger partial charge in [0, 0.05) is 51.9 Å². The highest BCUT2D eigenvalue weighted by molar-refractivity contribution is 14.0. The fourth-order valence-electron chi connectivity index (χ4n) is 2.94. The average molecular weight is 459 g/mol. The molecule has 0 saturated carbocycles. The van der Waals surface area contributed by atoms with E-state index in [0.29, 0.717) is 23.6 Å². The second-order valence-electron chi connectivity index (χ2n) is 6.50. The van der Waals surface area contributed by atoms with E-state index in [9.17, 15) is 4.39 Å². The molecular weight excluding hydrogens is 432 g/mol. The van der Waals surface area contributed by atoms with Gasteiger partial charge in [-0.05, 0) is 24.1 Å². The van der Waals surface area contributed by atoms with Crippen molar-refractivity contribution in [3.8, 4) is 6.07 Å². The molecule has 1 aromatic carbocycles. The van der Waals surface area contributed by atoms with Crippen molar-refractivity contribution in [1.82, 2.24) is 15.1 Å². The normalized spacial score (nSPS) is 15.7. The molecule has 1 aliphatic heterocycles. The zero-order chi connectivity index (χ0) is 17.5. The Labute approximate surface area is 166 Å². The third-order valence-electron chi connectivity index (χ3n) is 4.12. The number of nitriles is 1. The lowest BCUT2D eigenvalue weighted by atomic mass is 10.1. The van der Waals surface area contributed by atoms with Crippen molar-refractivity contribution in [3.63, 3.8) is 0 Å². The molecule has 0 unspecified atom stereocenters. The van der Waals surface area contributed by atoms with Crippen LogP contribution >= 0.6 is 24.0 Å². The first-order valence-corrected chi connectivity index (χ1v) is 8.40. The van der Waals surface area contributed by atoms with Crippen LogP contribution in [0.5, 0.6) is 0 Å². The molecule has 5 nitrogen and oxygen atoms in total. The van der Waals surface area contributed by atoms with Gasteiger partial charge in [0.1, 0.15) is 5.82 Å². The SMILES string of the molecule is CN=C(NCc1cc(C#N)ccc1F)N1CCN(CC(C)C)CC1.I. The zero-order valence-corrected chi connectivity index (χ0v) is 17.5. The van der Waals surface area contributed by atoms with E-state index in [0.717, 1.165) is 38.7 Å². The summed E-state index contributed by atoms with van der Waals surface area (Å²) >= 11 is 0. The summed E-state index contributed by atoms with van der Waals surface area (Å²) in [4.78, 5) is 8.97. The average Bonchev–Trinajstić information content (AvgIpc) is 2.57. The maximum atomic E-state index is 13.9. The maximum absolute atomic E-state index is 13.9. The van der Waals surface area contributed by atoms with Crippen molar-refractivity contribution >= 4 is 29.9 Å². The van der Waals surface area contributed by atoms with Gasteiger partial charge in [-0.2, -0.15) is 5.26 Å². The summed E-state index contributed by atoms with van der Waals surface area (Å²) in [6, 6.07) is 6.44. The summed E-state index contributed by atoms with van der Waals surface area (Å²) in [5, 5.41) is 12.1. The predicted octanol–water partition coefficient (Wildman–Crippen LogP) is 2.66. The summed E-state index contributed by atoms with van der Waals surface area (Å²) in [6.07, 6.45) is 0. The number of hydrogen-bond acceptors (Lipinski definition) is 3. The van der Waals surface area contributed by atoms with E-state index in [1.165, 1.54) is 12.1 Å². The van der Waals surface area contributed by atoms with Gasteiger partial charge in [0.15, 0.2) is 5.96 Å². The number of halogens is 2. The Bertz CT molecular complexity index is 618. The number of piperazine rings is 1. The van der Waals surface area contributed by atoms with Crippen molar-refractivity contribution in [2.45, 2.75) is 20.4 Å². The van der Waals surface area contributed by atoms with Crippen LogP contribution in [0.25, 0.3) is 0 Å². The van der Waals surface area contributed by atoms with Gasteiger partial charge in [0.25, 0.3) is 0 Å². The van der Waals surface area contributed by atoms with Crippen LogP contribution in [-0.4, -0.2) is 55.5 Å². The molecule has 1 heterocycles. The lowest BCUT2D eigenvalue weighted by molar-refractivity contribution is 0.164. The Morgan fingerprint density at radius 3 is 2.56 bits per heavy atom. The molecule has 0 spiro atoms. The zero-order valence-electron chi connectivity index (χ0n) is 15.1. The largest absolute Gasteiger partial charge is 0.352 e. The topological polar surface area (TPSA) is 54.7 Å². The Kier molecular flexibility index (Phi) is 9.14. The number of hydrogen-bond donors (Lipinski definition) is 1. The van der Waals surface area contributed by atoms with Crippen molar-refractivity contribution < 1.29 is 4.39 Å². The van der Waals surface area contributed by atoms with Crippen molar-refractivity contribution in [1.29, 1.82) is 5.26 Å². The van der Waals surface area contributed by atoms with Crippen LogP contribution in [0.3, 0.4) is 0 Å². The summed E-state index contributed by atoms with van der Waals surface area (Å²) in [5.41, 5.74) is 0.944. The molecule has 1 aromatic rings. The Balaban J connectivity index is 0.00000312. The van der Waals surface area contributed by atoms with E-state index in [2.05, 4.69) is 34.0 Å². The molecule has 0 amide bonds. The minimum absolute atomic E-state index is 0. The van der Waals surface area contributed by atoms with Crippen LogP contribution in [0.1, 0.15) is 25.0 Å². The Morgan fingerprint density at radius 1 is 1.32 bits per heavy atom. The number of rotatable bonds is 4. The third-order valence-corrected chi connectivity index (χ3v) is 4.12. The minimum atomic E-state index is -0.307. The monoisotopic (exact) mass is 459 g/mol. The molecule has 0 atom stereocenters. The molecule has 1 N–H and O–H groups in total. The first kappa shape index (κ1) is 21.6. The van der Waals surface area contributed by atoms with E-state index in [1.807, 2.05) is 6.07 Å². The van der Waals surface area contributed by atoms with Crippen LogP contribution in [0, 0.1) is 23.1 Å². The highest BCUT2D eigenvalue weighted by Gasteiger charge is 2.20. The smallest absolute Gasteiger partial charge is 0.194 e. The molecule has 1 aliphatic rings. The number of nitrogens with one attached hydrogen (secondary N) is 1. The van der Waals surface area contributed by atoms with Crippen molar-refractivity contribution in [3.05, 3.63) is 35.1 Å². The molecule has 1 fully saturated rings. The van der Waals surface area contributed by atoms with Crippen LogP contribution in [-0.2, 0) is 6.54 Å². The van der Waals surface area contributed by atoms with Crippen molar-refractivity contribution in [2.75, 3.05) is 39.8 Å². The minimum Gasteiger partial charge on any atom is -0.352 e. The third kappa shape index (κ3) is 6.44. The highest BCUT2D eigenvalue weighted by Crippen LogP contribution is 2.11. The highest BCUT2D eigenvalue weighted by atomic mass is 127. The van der Waals surface area contributed by atoms with E-state index in [-0.39, 0.29) is 29.8 Å². The van der Waals surface area contributed by atoms with Crippen LogP contribution < -0.4 is 5.32 Å². The van der Waals surface area contributed by atoms with Gasteiger partial charge in [-0.25, -0.2) is 4.39 Å². The quantitative estimate of drug-likeness (QED) is 0.428. The van der Waals surface area contributed by atoms with Gasteiger partial charge in [0.05, 0.1) is 11.6 Å². The fraction of sp³-hybridized carbons (Fsp3) is 0.556. The fourth-order valence-corrected chi connectivity index (χ4v) is 2.94. The van der Waals surface area contributed by atoms with Crippen molar-refractivity contribution in [2.24, 2.45) is 10.9 Å². The molecule has 7 heteroatoms. The standard InChI is InChI=1S/C18H26FN5.HI/c1-14(2)13-23-6-8-24(9-7-23)18(21-3)22-12-16-10-15(11-20)4-5-17(16)19;/h4-5,10,14H,6-9,12-13H2,1-3H3,(H,21,22);1H. The molecule has 2 rings (SSSR count). The first-order chi connectivity index (χ1) is 11.5. The van der Waals surface area contributed by atoms with Gasteiger partial charge in [0.2, 0.25) is 0 Å². The summed E-state index contributed by atoms with van der Waals surface area (Å²) < 4.78 is 13.9. The van der Waals surface area contributed by atoms with Crippen LogP contribution in [0.4, 0.5) is 4.39 Å². The maximum Gasteiger partial charge on any atom is 0.194 e. The number of nitrogens with zero attached hydrogens (tertiary/aromatic N) is 4. The van der Waals surface area contributed by atoms with E-state index in [1.54, 1.807) is 13.1 Å². The number of guanidine groups is 1. The first-order valence-electron chi connectivity index (χ1n) is 8.40. The lowest BCUT2D eigenvalue weighted by Crippen LogP contribution is -2.52. The van der Waals surface area contributed by atoms with E-state index in [4.69, 9.17) is 5.26 Å². The predicted molar refractivity (Wildman–Crippen MR) is 110 cm³/mol. The molecule has 0 aromatic heterocycles. The van der Waals surface area contributed by atoms with Gasteiger partial charge in [-0.3, -0.25) is 9.89 Å². The van der Waals surface area contributed by atoms with E-state index < -0.39 is 0 Å². The molecule has 25 heavy (non-hydrogen) atoms. The van der Waals surface area contributed by atoms with Gasteiger partial charge < -0.3 is 10.2 Å². The Morgan fingerprint density at radius 2 is 2.00 bits per heavy atom. The summed E-state index contributed by atoms with van der Waals surface area (Å²) in [6.45, 7) is 9.74. The van der Waals surface area contributed by atoms with Gasteiger partial charge >= 0.3 is 0 Å². The van der Waals surface area contributed by atoms with Gasteiger partial charge in [-0.15, -0.1) is 24.0 Å². The second-order valence-corrected chi connectivity index (χ2v) is 6.50. The Hall–Kier alpha value is -1.40. The molecule has 0 bridgehead atoms. The van der Waals surface area contributed by atoms with Crippen LogP contribution in [0.2, 0.25) is 0 Å². The molecule has 138 valence electrons. The second kappa shape index (κ2) is 10.6. The molecular formula is C18H27FIN5. The molecule has 1 saturated heterocycles. The number of aliphatic imine (C=N–C) groups is 1. The summed E-state index contributed by atoms with van der Waals surface area (Å²) in [7, 11) is 1.74. The van der Waals surface area contributed by atoms with E-state index >= 15 is 0 Å². The van der Waals surface area contributed by atoms with Crippen LogP contribution in [0.15, 0.2) is 23.2 Å². The van der Waals surface area contributed by atoms with Gasteiger partial charge in [-0.1, -0.05) is 13.8 Å². The molecule has 0 aliphatic carbocycles.